The monoisotopic (exact) mass is 227 g/mol. The SMILES string of the molecule is COCC(C)CNc1nc(N)nc(OC)n1. The Labute approximate surface area is 94.4 Å². The zero-order chi connectivity index (χ0) is 12.0. The second kappa shape index (κ2) is 6.06. The van der Waals surface area contributed by atoms with Gasteiger partial charge in [0.25, 0.3) is 0 Å². The average molecular weight is 227 g/mol. The van der Waals surface area contributed by atoms with Crippen molar-refractivity contribution < 1.29 is 9.47 Å². The molecule has 1 heterocycles. The number of ether oxygens (including phenoxy) is 2. The number of methoxy groups -OCH3 is 2. The summed E-state index contributed by atoms with van der Waals surface area (Å²) < 4.78 is 9.90. The van der Waals surface area contributed by atoms with E-state index >= 15 is 0 Å². The van der Waals surface area contributed by atoms with Gasteiger partial charge in [-0.1, -0.05) is 6.92 Å². The van der Waals surface area contributed by atoms with Crippen LogP contribution in [-0.4, -0.2) is 42.3 Å². The van der Waals surface area contributed by atoms with Crippen LogP contribution < -0.4 is 15.8 Å². The molecule has 7 nitrogen and oxygen atoms in total. The standard InChI is InChI=1S/C9H17N5O2/c1-6(5-15-2)4-11-8-12-7(10)13-9(14-8)16-3/h6H,4-5H2,1-3H3,(H3,10,11,12,13,14). The molecule has 0 radical (unpaired) electrons. The summed E-state index contributed by atoms with van der Waals surface area (Å²) in [5.41, 5.74) is 5.49. The van der Waals surface area contributed by atoms with E-state index in [1.807, 2.05) is 0 Å². The third-order valence-electron chi connectivity index (χ3n) is 1.87. The molecule has 0 fully saturated rings. The number of hydrogen-bond acceptors (Lipinski definition) is 7. The van der Waals surface area contributed by atoms with Crippen LogP contribution in [0, 0.1) is 5.92 Å². The van der Waals surface area contributed by atoms with Gasteiger partial charge in [0.1, 0.15) is 0 Å². The molecule has 1 unspecified atom stereocenters. The summed E-state index contributed by atoms with van der Waals surface area (Å²) in [6, 6.07) is 0.203. The molecular weight excluding hydrogens is 210 g/mol. The molecule has 0 aromatic carbocycles. The first-order valence-electron chi connectivity index (χ1n) is 4.94. The smallest absolute Gasteiger partial charge is 0.322 e. The second-order valence-corrected chi connectivity index (χ2v) is 3.45. The molecule has 0 aliphatic rings. The summed E-state index contributed by atoms with van der Waals surface area (Å²) in [4.78, 5) is 11.7. The lowest BCUT2D eigenvalue weighted by Gasteiger charge is -2.11. The molecule has 0 aliphatic carbocycles. The Bertz CT molecular complexity index is 334. The average Bonchev–Trinajstić information content (AvgIpc) is 2.26. The Morgan fingerprint density at radius 1 is 1.31 bits per heavy atom. The van der Waals surface area contributed by atoms with E-state index in [-0.39, 0.29) is 12.0 Å². The fourth-order valence-corrected chi connectivity index (χ4v) is 1.15. The first-order chi connectivity index (χ1) is 7.65. The van der Waals surface area contributed by atoms with E-state index in [1.165, 1.54) is 7.11 Å². The predicted molar refractivity (Wildman–Crippen MR) is 60.3 cm³/mol. The fourth-order valence-electron chi connectivity index (χ4n) is 1.15. The molecule has 0 amide bonds. The molecule has 0 bridgehead atoms. The van der Waals surface area contributed by atoms with Crippen LogP contribution in [0.3, 0.4) is 0 Å². The van der Waals surface area contributed by atoms with Crippen molar-refractivity contribution in [3.05, 3.63) is 0 Å². The van der Waals surface area contributed by atoms with Gasteiger partial charge in [0.15, 0.2) is 0 Å². The molecule has 16 heavy (non-hydrogen) atoms. The number of nitrogens with one attached hydrogen (secondary N) is 1. The molecule has 0 saturated heterocycles. The lowest BCUT2D eigenvalue weighted by molar-refractivity contribution is 0.164. The Morgan fingerprint density at radius 3 is 2.69 bits per heavy atom. The highest BCUT2D eigenvalue weighted by Gasteiger charge is 2.06. The fraction of sp³-hybridized carbons (Fsp3) is 0.667. The van der Waals surface area contributed by atoms with E-state index in [1.54, 1.807) is 7.11 Å². The number of rotatable bonds is 6. The summed E-state index contributed by atoms with van der Waals surface area (Å²) in [7, 11) is 3.15. The van der Waals surface area contributed by atoms with Gasteiger partial charge in [-0.25, -0.2) is 0 Å². The second-order valence-electron chi connectivity index (χ2n) is 3.45. The number of nitrogens with zero attached hydrogens (tertiary/aromatic N) is 3. The first-order valence-corrected chi connectivity index (χ1v) is 4.94. The number of nitrogen functional groups attached to an aromatic ring is 1. The maximum atomic E-state index is 5.49. The van der Waals surface area contributed by atoms with E-state index < -0.39 is 0 Å². The molecule has 0 spiro atoms. The molecule has 1 rings (SSSR count). The van der Waals surface area contributed by atoms with Gasteiger partial charge in [0, 0.05) is 13.7 Å². The summed E-state index contributed by atoms with van der Waals surface area (Å²) in [6.07, 6.45) is 0. The van der Waals surface area contributed by atoms with Crippen molar-refractivity contribution in [1.82, 2.24) is 15.0 Å². The van der Waals surface area contributed by atoms with E-state index in [0.29, 0.717) is 25.0 Å². The predicted octanol–water partition coefficient (Wildman–Crippen LogP) is 0.157. The minimum atomic E-state index is 0.133. The van der Waals surface area contributed by atoms with E-state index in [9.17, 15) is 0 Å². The van der Waals surface area contributed by atoms with Crippen LogP contribution >= 0.6 is 0 Å². The van der Waals surface area contributed by atoms with Crippen LogP contribution in [0.1, 0.15) is 6.92 Å². The quantitative estimate of drug-likeness (QED) is 0.714. The lowest BCUT2D eigenvalue weighted by Crippen LogP contribution is -2.18. The Hall–Kier alpha value is -1.63. The minimum absolute atomic E-state index is 0.133. The topological polar surface area (TPSA) is 95.2 Å². The van der Waals surface area contributed by atoms with E-state index in [2.05, 4.69) is 27.2 Å². The molecule has 3 N–H and O–H groups in total. The van der Waals surface area contributed by atoms with Crippen LogP contribution in [0.25, 0.3) is 0 Å². The summed E-state index contributed by atoms with van der Waals surface area (Å²) >= 11 is 0. The van der Waals surface area contributed by atoms with Gasteiger partial charge in [-0.15, -0.1) is 0 Å². The zero-order valence-corrected chi connectivity index (χ0v) is 9.73. The molecular formula is C9H17N5O2. The van der Waals surface area contributed by atoms with Gasteiger partial charge >= 0.3 is 6.01 Å². The number of hydrogen-bond donors (Lipinski definition) is 2. The van der Waals surface area contributed by atoms with Gasteiger partial charge in [0.2, 0.25) is 11.9 Å². The highest BCUT2D eigenvalue weighted by Crippen LogP contribution is 2.08. The van der Waals surface area contributed by atoms with Gasteiger partial charge in [-0.3, -0.25) is 0 Å². The van der Waals surface area contributed by atoms with Crippen molar-refractivity contribution in [2.75, 3.05) is 38.4 Å². The number of anilines is 2. The van der Waals surface area contributed by atoms with Crippen molar-refractivity contribution >= 4 is 11.9 Å². The van der Waals surface area contributed by atoms with Crippen molar-refractivity contribution in [3.63, 3.8) is 0 Å². The normalized spacial score (nSPS) is 12.2. The van der Waals surface area contributed by atoms with Crippen LogP contribution in [0.2, 0.25) is 0 Å². The molecule has 90 valence electrons. The van der Waals surface area contributed by atoms with Gasteiger partial charge in [0.05, 0.1) is 13.7 Å². The highest BCUT2D eigenvalue weighted by molar-refractivity contribution is 5.32. The van der Waals surface area contributed by atoms with Crippen LogP contribution in [0.4, 0.5) is 11.9 Å². The summed E-state index contributed by atoms with van der Waals surface area (Å²) in [5.74, 6) is 0.898. The Balaban J connectivity index is 2.56. The summed E-state index contributed by atoms with van der Waals surface area (Å²) in [5, 5.41) is 3.04. The van der Waals surface area contributed by atoms with Gasteiger partial charge in [-0.05, 0) is 5.92 Å². The largest absolute Gasteiger partial charge is 0.467 e. The lowest BCUT2D eigenvalue weighted by atomic mass is 10.2. The van der Waals surface area contributed by atoms with Crippen LogP contribution in [0.15, 0.2) is 0 Å². The molecule has 1 aromatic rings. The van der Waals surface area contributed by atoms with Crippen molar-refractivity contribution in [2.45, 2.75) is 6.92 Å². The molecule has 1 aromatic heterocycles. The minimum Gasteiger partial charge on any atom is -0.467 e. The van der Waals surface area contributed by atoms with Gasteiger partial charge in [-0.2, -0.15) is 15.0 Å². The first kappa shape index (κ1) is 12.4. The van der Waals surface area contributed by atoms with Gasteiger partial charge < -0.3 is 20.5 Å². The molecule has 0 saturated carbocycles. The third kappa shape index (κ3) is 3.85. The van der Waals surface area contributed by atoms with E-state index in [0.717, 1.165) is 0 Å². The van der Waals surface area contributed by atoms with E-state index in [4.69, 9.17) is 15.2 Å². The van der Waals surface area contributed by atoms with Crippen LogP contribution in [0.5, 0.6) is 6.01 Å². The Kier molecular flexibility index (Phi) is 4.71. The molecule has 7 heteroatoms. The number of nitrogens with two attached hydrogens (primary N) is 1. The van der Waals surface area contributed by atoms with Crippen LogP contribution in [-0.2, 0) is 4.74 Å². The third-order valence-corrected chi connectivity index (χ3v) is 1.87. The highest BCUT2D eigenvalue weighted by atomic mass is 16.5. The maximum Gasteiger partial charge on any atom is 0.322 e. The van der Waals surface area contributed by atoms with Crippen molar-refractivity contribution in [2.24, 2.45) is 5.92 Å². The zero-order valence-electron chi connectivity index (χ0n) is 9.73. The Morgan fingerprint density at radius 2 is 2.06 bits per heavy atom. The van der Waals surface area contributed by atoms with Crippen molar-refractivity contribution in [3.8, 4) is 6.01 Å². The van der Waals surface area contributed by atoms with Crippen molar-refractivity contribution in [1.29, 1.82) is 0 Å². The maximum absolute atomic E-state index is 5.49. The molecule has 0 aliphatic heterocycles. The molecule has 1 atom stereocenters. The number of aromatic nitrogens is 3. The summed E-state index contributed by atoms with van der Waals surface area (Å²) in [6.45, 7) is 3.42.